The summed E-state index contributed by atoms with van der Waals surface area (Å²) < 4.78 is 1.18. The van der Waals surface area contributed by atoms with Crippen LogP contribution in [0.4, 0.5) is 0 Å². The first-order chi connectivity index (χ1) is 12.3. The average molecular weight is 447 g/mol. The second-order valence-electron chi connectivity index (χ2n) is 7.44. The zero-order valence-electron chi connectivity index (χ0n) is 17.1. The van der Waals surface area contributed by atoms with E-state index in [2.05, 4.69) is 58.9 Å². The number of unbranched alkanes of at least 4 members (excludes halogenated alkanes) is 10. The minimum atomic E-state index is 0. The van der Waals surface area contributed by atoms with Crippen molar-refractivity contribution < 1.29 is 0 Å². The van der Waals surface area contributed by atoms with Crippen molar-refractivity contribution in [2.24, 2.45) is 0 Å². The molecule has 0 radical (unpaired) electrons. The molecule has 0 unspecified atom stereocenters. The van der Waals surface area contributed by atoms with Crippen molar-refractivity contribution in [3.05, 3.63) is 34.3 Å². The zero-order chi connectivity index (χ0) is 18.2. The van der Waals surface area contributed by atoms with Crippen LogP contribution in [0.2, 0.25) is 0 Å². The summed E-state index contributed by atoms with van der Waals surface area (Å²) in [6.07, 6.45) is 16.7. The molecule has 0 bridgehead atoms. The van der Waals surface area contributed by atoms with Crippen molar-refractivity contribution >= 4 is 28.3 Å². The fourth-order valence-electron chi connectivity index (χ4n) is 3.35. The largest absolute Gasteiger partial charge is 0.299 e. The quantitative estimate of drug-likeness (QED) is 0.230. The van der Waals surface area contributed by atoms with Gasteiger partial charge in [-0.1, -0.05) is 106 Å². The molecule has 0 atom stereocenters. The maximum Gasteiger partial charge on any atom is 0.0233 e. The van der Waals surface area contributed by atoms with Crippen LogP contribution in [-0.2, 0) is 6.54 Å². The van der Waals surface area contributed by atoms with Crippen molar-refractivity contribution in [2.45, 2.75) is 97.4 Å². The van der Waals surface area contributed by atoms with Gasteiger partial charge < -0.3 is 0 Å². The Kier molecular flexibility index (Phi) is 18.3. The minimum Gasteiger partial charge on any atom is -0.299 e. The zero-order valence-corrected chi connectivity index (χ0v) is 19.6. The van der Waals surface area contributed by atoms with Gasteiger partial charge in [0.15, 0.2) is 0 Å². The molecular weight excluding hydrogens is 406 g/mol. The number of nitrogens with zero attached hydrogens (tertiary/aromatic N) is 1. The first-order valence-electron chi connectivity index (χ1n) is 10.7. The van der Waals surface area contributed by atoms with E-state index in [4.69, 9.17) is 0 Å². The van der Waals surface area contributed by atoms with Gasteiger partial charge in [0.25, 0.3) is 0 Å². The molecule has 1 aromatic rings. The molecule has 0 fully saturated rings. The highest BCUT2D eigenvalue weighted by molar-refractivity contribution is 9.10. The number of benzene rings is 1. The molecule has 0 aromatic heterocycles. The Balaban J connectivity index is 0.00000625. The van der Waals surface area contributed by atoms with Gasteiger partial charge in [0.05, 0.1) is 0 Å². The van der Waals surface area contributed by atoms with E-state index >= 15 is 0 Å². The molecule has 0 saturated heterocycles. The summed E-state index contributed by atoms with van der Waals surface area (Å²) in [5.41, 5.74) is 1.44. The van der Waals surface area contributed by atoms with E-state index in [1.807, 2.05) is 0 Å². The predicted octanol–water partition coefficient (Wildman–Crippen LogP) is 8.39. The van der Waals surface area contributed by atoms with Gasteiger partial charge in [-0.2, -0.15) is 0 Å². The van der Waals surface area contributed by atoms with Gasteiger partial charge in [0.1, 0.15) is 0 Å². The van der Waals surface area contributed by atoms with Gasteiger partial charge in [0.2, 0.25) is 0 Å². The first-order valence-corrected chi connectivity index (χ1v) is 11.5. The Hall–Kier alpha value is -0.0500. The molecular formula is C23H41BrClN. The van der Waals surface area contributed by atoms with Crippen LogP contribution in [0.3, 0.4) is 0 Å². The SMILES string of the molecule is CCCCCCCCN(CCCCCCCC)Cc1ccc(Br)cc1.Cl. The van der Waals surface area contributed by atoms with Crippen LogP contribution < -0.4 is 0 Å². The highest BCUT2D eigenvalue weighted by Gasteiger charge is 2.06. The standard InChI is InChI=1S/C23H40BrN.ClH/c1-3-5-7-9-11-13-19-25(20-14-12-10-8-6-4-2)21-22-15-17-23(24)18-16-22;/h15-18H,3-14,19-21H2,1-2H3;1H. The smallest absolute Gasteiger partial charge is 0.0233 e. The summed E-state index contributed by atoms with van der Waals surface area (Å²) in [6.45, 7) is 8.21. The molecule has 26 heavy (non-hydrogen) atoms. The van der Waals surface area contributed by atoms with E-state index in [-0.39, 0.29) is 12.4 Å². The lowest BCUT2D eigenvalue weighted by Crippen LogP contribution is -2.25. The summed E-state index contributed by atoms with van der Waals surface area (Å²) in [5, 5.41) is 0. The maximum absolute atomic E-state index is 3.54. The third kappa shape index (κ3) is 14.1. The second kappa shape index (κ2) is 18.3. The van der Waals surface area contributed by atoms with E-state index in [0.29, 0.717) is 0 Å². The van der Waals surface area contributed by atoms with Crippen molar-refractivity contribution in [3.8, 4) is 0 Å². The third-order valence-electron chi connectivity index (χ3n) is 4.98. The Labute approximate surface area is 177 Å². The lowest BCUT2D eigenvalue weighted by Gasteiger charge is -2.22. The molecule has 0 aliphatic heterocycles. The van der Waals surface area contributed by atoms with E-state index in [1.54, 1.807) is 0 Å². The number of rotatable bonds is 16. The maximum atomic E-state index is 3.54. The van der Waals surface area contributed by atoms with Crippen LogP contribution in [0.5, 0.6) is 0 Å². The number of hydrogen-bond donors (Lipinski definition) is 0. The predicted molar refractivity (Wildman–Crippen MR) is 123 cm³/mol. The Bertz CT molecular complexity index is 391. The van der Waals surface area contributed by atoms with Gasteiger partial charge in [-0.05, 0) is 43.6 Å². The summed E-state index contributed by atoms with van der Waals surface area (Å²) in [4.78, 5) is 2.68. The molecule has 1 rings (SSSR count). The number of halogens is 2. The van der Waals surface area contributed by atoms with E-state index in [9.17, 15) is 0 Å². The molecule has 1 aromatic carbocycles. The summed E-state index contributed by atoms with van der Waals surface area (Å²) in [7, 11) is 0. The number of hydrogen-bond acceptors (Lipinski definition) is 1. The molecule has 0 saturated carbocycles. The molecule has 0 amide bonds. The molecule has 0 heterocycles. The molecule has 0 N–H and O–H groups in total. The van der Waals surface area contributed by atoms with Crippen LogP contribution in [0.25, 0.3) is 0 Å². The van der Waals surface area contributed by atoms with Crippen LogP contribution in [0.1, 0.15) is 96.5 Å². The average Bonchev–Trinajstić information content (AvgIpc) is 2.62. The Morgan fingerprint density at radius 1 is 0.654 bits per heavy atom. The van der Waals surface area contributed by atoms with Crippen LogP contribution in [-0.4, -0.2) is 18.0 Å². The molecule has 1 nitrogen and oxygen atoms in total. The minimum absolute atomic E-state index is 0. The highest BCUT2D eigenvalue weighted by atomic mass is 79.9. The first kappa shape index (κ1) is 26.0. The highest BCUT2D eigenvalue weighted by Crippen LogP contribution is 2.14. The van der Waals surface area contributed by atoms with Crippen molar-refractivity contribution in [3.63, 3.8) is 0 Å². The molecule has 0 aliphatic rings. The van der Waals surface area contributed by atoms with Crippen LogP contribution in [0.15, 0.2) is 28.7 Å². The lowest BCUT2D eigenvalue weighted by molar-refractivity contribution is 0.252. The van der Waals surface area contributed by atoms with E-state index in [1.165, 1.54) is 100 Å². The Morgan fingerprint density at radius 3 is 1.54 bits per heavy atom. The summed E-state index contributed by atoms with van der Waals surface area (Å²) >= 11 is 3.54. The molecule has 152 valence electrons. The topological polar surface area (TPSA) is 3.24 Å². The van der Waals surface area contributed by atoms with Gasteiger partial charge in [-0.25, -0.2) is 0 Å². The summed E-state index contributed by atoms with van der Waals surface area (Å²) in [5.74, 6) is 0. The van der Waals surface area contributed by atoms with Gasteiger partial charge in [0, 0.05) is 11.0 Å². The fourth-order valence-corrected chi connectivity index (χ4v) is 3.61. The van der Waals surface area contributed by atoms with Gasteiger partial charge in [-0.15, -0.1) is 12.4 Å². The molecule has 0 aliphatic carbocycles. The van der Waals surface area contributed by atoms with Gasteiger partial charge in [-0.3, -0.25) is 4.90 Å². The normalized spacial score (nSPS) is 10.9. The van der Waals surface area contributed by atoms with Crippen LogP contribution >= 0.6 is 28.3 Å². The van der Waals surface area contributed by atoms with Gasteiger partial charge >= 0.3 is 0 Å². The van der Waals surface area contributed by atoms with E-state index in [0.717, 1.165) is 6.54 Å². The van der Waals surface area contributed by atoms with Crippen LogP contribution in [0, 0.1) is 0 Å². The Morgan fingerprint density at radius 2 is 1.08 bits per heavy atom. The second-order valence-corrected chi connectivity index (χ2v) is 8.35. The molecule has 0 spiro atoms. The van der Waals surface area contributed by atoms with Crippen molar-refractivity contribution in [1.82, 2.24) is 4.90 Å². The van der Waals surface area contributed by atoms with E-state index < -0.39 is 0 Å². The van der Waals surface area contributed by atoms with Crippen molar-refractivity contribution in [2.75, 3.05) is 13.1 Å². The lowest BCUT2D eigenvalue weighted by atomic mass is 10.1. The van der Waals surface area contributed by atoms with Crippen molar-refractivity contribution in [1.29, 1.82) is 0 Å². The fraction of sp³-hybridized carbons (Fsp3) is 0.739. The monoisotopic (exact) mass is 445 g/mol. The molecule has 3 heteroatoms. The third-order valence-corrected chi connectivity index (χ3v) is 5.50. The summed E-state index contributed by atoms with van der Waals surface area (Å²) in [6, 6.07) is 8.87.